The summed E-state index contributed by atoms with van der Waals surface area (Å²) in [5.41, 5.74) is 2.39. The third kappa shape index (κ3) is 7.09. The summed E-state index contributed by atoms with van der Waals surface area (Å²) in [5.74, 6) is -0.392. The van der Waals surface area contributed by atoms with Gasteiger partial charge in [-0.05, 0) is 61.7 Å². The summed E-state index contributed by atoms with van der Waals surface area (Å²) < 4.78 is 26.3. The van der Waals surface area contributed by atoms with E-state index in [1.807, 2.05) is 12.1 Å². The smallest absolute Gasteiger partial charge is 0.244 e. The average molecular weight is 513 g/mol. The second-order valence-corrected chi connectivity index (χ2v) is 11.2. The number of sulfonamides is 1. The lowest BCUT2D eigenvalue weighted by molar-refractivity contribution is -0.122. The molecule has 0 aromatic heterocycles. The van der Waals surface area contributed by atoms with Gasteiger partial charge in [0.25, 0.3) is 0 Å². The quantitative estimate of drug-likeness (QED) is 0.522. The highest BCUT2D eigenvalue weighted by Crippen LogP contribution is 2.33. The summed E-state index contributed by atoms with van der Waals surface area (Å²) in [6.45, 7) is 5.29. The number of rotatable bonds is 9. The van der Waals surface area contributed by atoms with Gasteiger partial charge in [-0.2, -0.15) is 0 Å². The van der Waals surface area contributed by atoms with Crippen LogP contribution in [0.4, 0.5) is 5.69 Å². The molecule has 1 fully saturated rings. The van der Waals surface area contributed by atoms with Crippen molar-refractivity contribution in [2.75, 3.05) is 23.7 Å². The third-order valence-electron chi connectivity index (χ3n) is 5.82. The molecule has 9 heteroatoms. The zero-order chi connectivity index (χ0) is 24.0. The van der Waals surface area contributed by atoms with E-state index in [1.165, 1.54) is 37.0 Å². The molecule has 6 nitrogen and oxygen atoms in total. The summed E-state index contributed by atoms with van der Waals surface area (Å²) in [4.78, 5) is 15.5. The van der Waals surface area contributed by atoms with Crippen molar-refractivity contribution >= 4 is 44.8 Å². The van der Waals surface area contributed by atoms with Crippen LogP contribution in [0.25, 0.3) is 0 Å². The van der Waals surface area contributed by atoms with Crippen molar-refractivity contribution in [1.82, 2.24) is 10.2 Å². The van der Waals surface area contributed by atoms with Gasteiger partial charge in [0.1, 0.15) is 6.04 Å². The van der Waals surface area contributed by atoms with Crippen LogP contribution in [-0.4, -0.2) is 44.6 Å². The van der Waals surface area contributed by atoms with Crippen LogP contribution in [0.5, 0.6) is 0 Å². The lowest BCUT2D eigenvalue weighted by atomic mass is 10.1. The molecule has 0 radical (unpaired) electrons. The topological polar surface area (TPSA) is 69.7 Å². The van der Waals surface area contributed by atoms with Gasteiger partial charge in [0.2, 0.25) is 15.9 Å². The lowest BCUT2D eigenvalue weighted by Crippen LogP contribution is -2.49. The normalized spacial score (nSPS) is 15.8. The SMILES string of the molecule is CC[C@H](C(=O)NCc1ccc(CN2CCCCC2)cc1)N(c1cc(Cl)ccc1Cl)S(C)(=O)=O. The van der Waals surface area contributed by atoms with Gasteiger partial charge in [0, 0.05) is 18.1 Å². The van der Waals surface area contributed by atoms with Gasteiger partial charge in [-0.15, -0.1) is 0 Å². The van der Waals surface area contributed by atoms with Gasteiger partial charge < -0.3 is 5.32 Å². The molecule has 1 aliphatic heterocycles. The fraction of sp³-hybridized carbons (Fsp3) is 0.458. The minimum atomic E-state index is -3.79. The molecule has 1 N–H and O–H groups in total. The predicted molar refractivity (Wildman–Crippen MR) is 135 cm³/mol. The Bertz CT molecular complexity index is 1060. The Morgan fingerprint density at radius 2 is 1.70 bits per heavy atom. The first kappa shape index (κ1) is 25.8. The molecule has 0 bridgehead atoms. The van der Waals surface area contributed by atoms with E-state index >= 15 is 0 Å². The fourth-order valence-corrected chi connectivity index (χ4v) is 5.78. The fourth-order valence-electron chi connectivity index (χ4n) is 4.14. The van der Waals surface area contributed by atoms with Crippen molar-refractivity contribution in [2.24, 2.45) is 0 Å². The second-order valence-electron chi connectivity index (χ2n) is 8.45. The van der Waals surface area contributed by atoms with E-state index in [0.29, 0.717) is 11.6 Å². The number of nitrogens with one attached hydrogen (secondary N) is 1. The first-order valence-corrected chi connectivity index (χ1v) is 13.8. The molecule has 1 saturated heterocycles. The Morgan fingerprint density at radius 1 is 1.06 bits per heavy atom. The van der Waals surface area contributed by atoms with Crippen molar-refractivity contribution in [2.45, 2.75) is 51.7 Å². The van der Waals surface area contributed by atoms with Crippen molar-refractivity contribution in [3.63, 3.8) is 0 Å². The third-order valence-corrected chi connectivity index (χ3v) is 7.54. The van der Waals surface area contributed by atoms with E-state index in [4.69, 9.17) is 23.2 Å². The van der Waals surface area contributed by atoms with Crippen molar-refractivity contribution < 1.29 is 13.2 Å². The van der Waals surface area contributed by atoms with Crippen LogP contribution in [0, 0.1) is 0 Å². The molecule has 1 atom stereocenters. The van der Waals surface area contributed by atoms with Gasteiger partial charge in [-0.3, -0.25) is 14.0 Å². The number of hydrogen-bond donors (Lipinski definition) is 1. The maximum atomic E-state index is 13.0. The molecule has 180 valence electrons. The number of carbonyl (C=O) groups excluding carboxylic acids is 1. The standard InChI is InChI=1S/C24H31Cl2N3O3S/c1-3-22(29(33(2,31)32)23-15-20(25)11-12-21(23)26)24(30)27-16-18-7-9-19(10-8-18)17-28-13-5-4-6-14-28/h7-12,15,22H,3-6,13-14,16-17H2,1-2H3,(H,27,30)/t22-/m1/s1. The maximum Gasteiger partial charge on any atom is 0.244 e. The van der Waals surface area contributed by atoms with E-state index in [1.54, 1.807) is 13.0 Å². The van der Waals surface area contributed by atoms with E-state index in [2.05, 4.69) is 22.3 Å². The largest absolute Gasteiger partial charge is 0.350 e. The molecular formula is C24H31Cl2N3O3S. The molecule has 2 aromatic rings. The van der Waals surface area contributed by atoms with Crippen LogP contribution in [0.1, 0.15) is 43.7 Å². The minimum Gasteiger partial charge on any atom is -0.350 e. The number of hydrogen-bond acceptors (Lipinski definition) is 4. The Kier molecular flexibility index (Phi) is 9.04. The Morgan fingerprint density at radius 3 is 2.30 bits per heavy atom. The molecule has 1 aliphatic rings. The summed E-state index contributed by atoms with van der Waals surface area (Å²) in [7, 11) is -3.79. The summed E-state index contributed by atoms with van der Waals surface area (Å²) in [6.07, 6.45) is 5.16. The molecule has 2 aromatic carbocycles. The van der Waals surface area contributed by atoms with Crippen LogP contribution < -0.4 is 9.62 Å². The highest BCUT2D eigenvalue weighted by atomic mass is 35.5. The van der Waals surface area contributed by atoms with Crippen molar-refractivity contribution in [3.8, 4) is 0 Å². The summed E-state index contributed by atoms with van der Waals surface area (Å²) in [6, 6.07) is 11.8. The van der Waals surface area contributed by atoms with Gasteiger partial charge in [0.05, 0.1) is 17.0 Å². The highest BCUT2D eigenvalue weighted by Gasteiger charge is 2.32. The lowest BCUT2D eigenvalue weighted by Gasteiger charge is -2.30. The molecular weight excluding hydrogens is 481 g/mol. The number of nitrogens with zero attached hydrogens (tertiary/aromatic N) is 2. The zero-order valence-corrected chi connectivity index (χ0v) is 21.4. The number of likely N-dealkylation sites (tertiary alicyclic amines) is 1. The Hall–Kier alpha value is -1.80. The molecule has 0 aliphatic carbocycles. The van der Waals surface area contributed by atoms with Gasteiger partial charge >= 0.3 is 0 Å². The highest BCUT2D eigenvalue weighted by molar-refractivity contribution is 7.92. The van der Waals surface area contributed by atoms with E-state index in [0.717, 1.165) is 35.8 Å². The van der Waals surface area contributed by atoms with E-state index in [-0.39, 0.29) is 17.1 Å². The minimum absolute atomic E-state index is 0.190. The summed E-state index contributed by atoms with van der Waals surface area (Å²) >= 11 is 12.3. The monoisotopic (exact) mass is 511 g/mol. The number of carbonyl (C=O) groups is 1. The zero-order valence-electron chi connectivity index (χ0n) is 19.1. The molecule has 0 saturated carbocycles. The Labute approximate surface area is 206 Å². The van der Waals surface area contributed by atoms with E-state index in [9.17, 15) is 13.2 Å². The Balaban J connectivity index is 1.68. The molecule has 0 spiro atoms. The van der Waals surface area contributed by atoms with Crippen LogP contribution in [0.3, 0.4) is 0 Å². The number of piperidine rings is 1. The molecule has 3 rings (SSSR count). The number of halogens is 2. The number of amides is 1. The van der Waals surface area contributed by atoms with Crippen LogP contribution in [0.15, 0.2) is 42.5 Å². The first-order valence-electron chi connectivity index (χ1n) is 11.2. The number of anilines is 1. The van der Waals surface area contributed by atoms with Crippen LogP contribution in [0.2, 0.25) is 10.0 Å². The molecule has 33 heavy (non-hydrogen) atoms. The van der Waals surface area contributed by atoms with Crippen molar-refractivity contribution in [3.05, 3.63) is 63.6 Å². The maximum absolute atomic E-state index is 13.0. The predicted octanol–water partition coefficient (Wildman–Crippen LogP) is 4.84. The van der Waals surface area contributed by atoms with Crippen molar-refractivity contribution in [1.29, 1.82) is 0 Å². The van der Waals surface area contributed by atoms with E-state index < -0.39 is 22.0 Å². The number of benzene rings is 2. The molecule has 0 unspecified atom stereocenters. The second kappa shape index (κ2) is 11.6. The van der Waals surface area contributed by atoms with Crippen LogP contribution in [-0.2, 0) is 27.9 Å². The average Bonchev–Trinajstić information content (AvgIpc) is 2.78. The van der Waals surface area contributed by atoms with Gasteiger partial charge in [-0.1, -0.05) is 60.8 Å². The first-order chi connectivity index (χ1) is 15.7. The molecule has 1 heterocycles. The van der Waals surface area contributed by atoms with Crippen LogP contribution >= 0.6 is 23.2 Å². The van der Waals surface area contributed by atoms with Gasteiger partial charge in [0.15, 0.2) is 0 Å². The summed E-state index contributed by atoms with van der Waals surface area (Å²) in [5, 5.41) is 3.42. The van der Waals surface area contributed by atoms with Gasteiger partial charge in [-0.25, -0.2) is 8.42 Å². The molecule has 1 amide bonds.